The van der Waals surface area contributed by atoms with Gasteiger partial charge in [-0.1, -0.05) is 0 Å². The molecule has 4 nitrogen and oxygen atoms in total. The van der Waals surface area contributed by atoms with Crippen LogP contribution in [0.15, 0.2) is 10.8 Å². The SMILES string of the molecule is Cc1ocnc1CN1CCOCC1. The van der Waals surface area contributed by atoms with Crippen molar-refractivity contribution in [2.45, 2.75) is 13.5 Å². The molecule has 0 unspecified atom stereocenters. The number of oxazole rings is 1. The first-order valence-corrected chi connectivity index (χ1v) is 4.55. The Hall–Kier alpha value is -0.870. The van der Waals surface area contributed by atoms with E-state index in [1.807, 2.05) is 6.92 Å². The molecule has 0 radical (unpaired) electrons. The van der Waals surface area contributed by atoms with E-state index in [-0.39, 0.29) is 0 Å². The summed E-state index contributed by atoms with van der Waals surface area (Å²) in [4.78, 5) is 6.49. The number of rotatable bonds is 2. The lowest BCUT2D eigenvalue weighted by Gasteiger charge is -2.25. The summed E-state index contributed by atoms with van der Waals surface area (Å²) in [5, 5.41) is 0. The van der Waals surface area contributed by atoms with Crippen molar-refractivity contribution in [1.29, 1.82) is 0 Å². The van der Waals surface area contributed by atoms with Gasteiger partial charge < -0.3 is 9.15 Å². The van der Waals surface area contributed by atoms with E-state index in [1.165, 1.54) is 6.39 Å². The smallest absolute Gasteiger partial charge is 0.181 e. The molecule has 0 aliphatic carbocycles. The van der Waals surface area contributed by atoms with E-state index in [0.29, 0.717) is 0 Å². The van der Waals surface area contributed by atoms with E-state index >= 15 is 0 Å². The molecule has 2 rings (SSSR count). The van der Waals surface area contributed by atoms with Gasteiger partial charge in [0.15, 0.2) is 6.39 Å². The molecule has 2 heterocycles. The van der Waals surface area contributed by atoms with E-state index in [0.717, 1.165) is 44.3 Å². The molecule has 0 saturated carbocycles. The minimum atomic E-state index is 0.830. The van der Waals surface area contributed by atoms with Crippen LogP contribution in [-0.2, 0) is 11.3 Å². The Kier molecular flexibility index (Phi) is 2.61. The quantitative estimate of drug-likeness (QED) is 0.678. The maximum atomic E-state index is 5.26. The molecule has 0 spiro atoms. The third-order valence-corrected chi connectivity index (χ3v) is 2.32. The largest absolute Gasteiger partial charge is 0.448 e. The minimum Gasteiger partial charge on any atom is -0.448 e. The zero-order chi connectivity index (χ0) is 9.10. The topological polar surface area (TPSA) is 38.5 Å². The van der Waals surface area contributed by atoms with Gasteiger partial charge in [-0.15, -0.1) is 0 Å². The highest BCUT2D eigenvalue weighted by Crippen LogP contribution is 2.09. The van der Waals surface area contributed by atoms with Gasteiger partial charge >= 0.3 is 0 Å². The van der Waals surface area contributed by atoms with Gasteiger partial charge in [0, 0.05) is 19.6 Å². The van der Waals surface area contributed by atoms with Crippen molar-refractivity contribution in [3.63, 3.8) is 0 Å². The van der Waals surface area contributed by atoms with E-state index in [9.17, 15) is 0 Å². The molecule has 72 valence electrons. The van der Waals surface area contributed by atoms with E-state index < -0.39 is 0 Å². The zero-order valence-corrected chi connectivity index (χ0v) is 7.82. The lowest BCUT2D eigenvalue weighted by Crippen LogP contribution is -2.35. The Morgan fingerprint density at radius 2 is 2.23 bits per heavy atom. The molecule has 0 aromatic carbocycles. The molecule has 0 amide bonds. The van der Waals surface area contributed by atoms with Crippen LogP contribution in [0.1, 0.15) is 11.5 Å². The second-order valence-electron chi connectivity index (χ2n) is 3.24. The summed E-state index contributed by atoms with van der Waals surface area (Å²) in [5.41, 5.74) is 1.04. The maximum Gasteiger partial charge on any atom is 0.181 e. The fourth-order valence-corrected chi connectivity index (χ4v) is 1.45. The Morgan fingerprint density at radius 1 is 1.46 bits per heavy atom. The van der Waals surface area contributed by atoms with E-state index in [4.69, 9.17) is 9.15 Å². The molecule has 0 bridgehead atoms. The lowest BCUT2D eigenvalue weighted by molar-refractivity contribution is 0.0335. The molecule has 0 N–H and O–H groups in total. The van der Waals surface area contributed by atoms with Crippen molar-refractivity contribution >= 4 is 0 Å². The molecule has 1 aliphatic rings. The van der Waals surface area contributed by atoms with Gasteiger partial charge in [0.2, 0.25) is 0 Å². The number of ether oxygens (including phenoxy) is 1. The van der Waals surface area contributed by atoms with Gasteiger partial charge in [-0.3, -0.25) is 4.90 Å². The second-order valence-corrected chi connectivity index (χ2v) is 3.24. The van der Waals surface area contributed by atoms with Crippen LogP contribution in [0.5, 0.6) is 0 Å². The Labute approximate surface area is 77.5 Å². The molecule has 1 aromatic rings. The average molecular weight is 182 g/mol. The first-order valence-electron chi connectivity index (χ1n) is 4.55. The van der Waals surface area contributed by atoms with Crippen LogP contribution in [0.2, 0.25) is 0 Å². The fraction of sp³-hybridized carbons (Fsp3) is 0.667. The summed E-state index contributed by atoms with van der Waals surface area (Å²) in [6, 6.07) is 0. The second kappa shape index (κ2) is 3.89. The van der Waals surface area contributed by atoms with Crippen LogP contribution in [-0.4, -0.2) is 36.2 Å². The Balaban J connectivity index is 1.93. The number of nitrogens with zero attached hydrogens (tertiary/aromatic N) is 2. The van der Waals surface area contributed by atoms with Gasteiger partial charge in [-0.25, -0.2) is 4.98 Å². The zero-order valence-electron chi connectivity index (χ0n) is 7.82. The molecule has 1 aromatic heterocycles. The standard InChI is InChI=1S/C9H14N2O2/c1-8-9(10-7-13-8)6-11-2-4-12-5-3-11/h7H,2-6H2,1H3. The highest BCUT2D eigenvalue weighted by Gasteiger charge is 2.13. The monoisotopic (exact) mass is 182 g/mol. The Morgan fingerprint density at radius 3 is 2.85 bits per heavy atom. The Bertz CT molecular complexity index is 266. The lowest BCUT2D eigenvalue weighted by atomic mass is 10.3. The first-order chi connectivity index (χ1) is 6.36. The number of hydrogen-bond acceptors (Lipinski definition) is 4. The van der Waals surface area contributed by atoms with Crippen LogP contribution in [0.25, 0.3) is 0 Å². The van der Waals surface area contributed by atoms with Gasteiger partial charge in [0.05, 0.1) is 18.9 Å². The van der Waals surface area contributed by atoms with Gasteiger partial charge in [-0.05, 0) is 6.92 Å². The molecule has 13 heavy (non-hydrogen) atoms. The number of aromatic nitrogens is 1. The molecule has 0 atom stereocenters. The van der Waals surface area contributed by atoms with Crippen LogP contribution >= 0.6 is 0 Å². The highest BCUT2D eigenvalue weighted by molar-refractivity contribution is 5.04. The van der Waals surface area contributed by atoms with Crippen molar-refractivity contribution in [2.75, 3.05) is 26.3 Å². The van der Waals surface area contributed by atoms with Crippen LogP contribution in [0, 0.1) is 6.92 Å². The fourth-order valence-electron chi connectivity index (χ4n) is 1.45. The molecule has 1 aliphatic heterocycles. The third kappa shape index (κ3) is 2.08. The summed E-state index contributed by atoms with van der Waals surface area (Å²) >= 11 is 0. The summed E-state index contributed by atoms with van der Waals surface area (Å²) in [6.45, 7) is 6.47. The van der Waals surface area contributed by atoms with Crippen molar-refractivity contribution in [1.82, 2.24) is 9.88 Å². The van der Waals surface area contributed by atoms with Gasteiger partial charge in [0.1, 0.15) is 5.76 Å². The molecular weight excluding hydrogens is 168 g/mol. The van der Waals surface area contributed by atoms with E-state index in [1.54, 1.807) is 0 Å². The summed E-state index contributed by atoms with van der Waals surface area (Å²) in [5.74, 6) is 0.923. The van der Waals surface area contributed by atoms with Crippen LogP contribution in [0.4, 0.5) is 0 Å². The number of aryl methyl sites for hydroxylation is 1. The molecular formula is C9H14N2O2. The summed E-state index contributed by atoms with van der Waals surface area (Å²) < 4.78 is 10.4. The van der Waals surface area contributed by atoms with Gasteiger partial charge in [0.25, 0.3) is 0 Å². The molecule has 1 fully saturated rings. The number of morpholine rings is 1. The predicted octanol–water partition coefficient (Wildman–Crippen LogP) is 0.815. The van der Waals surface area contributed by atoms with Crippen LogP contribution in [0.3, 0.4) is 0 Å². The number of hydrogen-bond donors (Lipinski definition) is 0. The maximum absolute atomic E-state index is 5.26. The molecule has 1 saturated heterocycles. The van der Waals surface area contributed by atoms with E-state index in [2.05, 4.69) is 9.88 Å². The predicted molar refractivity (Wildman–Crippen MR) is 47.3 cm³/mol. The summed E-state index contributed by atoms with van der Waals surface area (Å²) in [7, 11) is 0. The van der Waals surface area contributed by atoms with Crippen molar-refractivity contribution in [3.8, 4) is 0 Å². The third-order valence-electron chi connectivity index (χ3n) is 2.32. The van der Waals surface area contributed by atoms with Gasteiger partial charge in [-0.2, -0.15) is 0 Å². The highest BCUT2D eigenvalue weighted by atomic mass is 16.5. The summed E-state index contributed by atoms with van der Waals surface area (Å²) in [6.07, 6.45) is 1.51. The normalized spacial score (nSPS) is 19.2. The molecule has 4 heteroatoms. The van der Waals surface area contributed by atoms with Crippen LogP contribution < -0.4 is 0 Å². The first kappa shape index (κ1) is 8.72. The minimum absolute atomic E-state index is 0.830. The van der Waals surface area contributed by atoms with Crippen molar-refractivity contribution in [2.24, 2.45) is 0 Å². The van der Waals surface area contributed by atoms with Crippen molar-refractivity contribution < 1.29 is 9.15 Å². The van der Waals surface area contributed by atoms with Crippen molar-refractivity contribution in [3.05, 3.63) is 17.8 Å². The average Bonchev–Trinajstić information content (AvgIpc) is 2.54.